The highest BCUT2D eigenvalue weighted by Gasteiger charge is 2.43. The first-order chi connectivity index (χ1) is 7.69. The number of hydrogen-bond acceptors (Lipinski definition) is 2. The highest BCUT2D eigenvalue weighted by molar-refractivity contribution is 7.80. The van der Waals surface area contributed by atoms with E-state index in [0.717, 1.165) is 31.2 Å². The molecule has 0 radical (unpaired) electrons. The second kappa shape index (κ2) is 4.99. The first kappa shape index (κ1) is 12.3. The van der Waals surface area contributed by atoms with Crippen LogP contribution < -0.4 is 0 Å². The third kappa shape index (κ3) is 2.73. The fraction of sp³-hybridized carbons (Fsp3) is 0.923. The van der Waals surface area contributed by atoms with E-state index in [1.807, 2.05) is 0 Å². The molecule has 1 saturated carbocycles. The van der Waals surface area contributed by atoms with Gasteiger partial charge in [-0.2, -0.15) is 12.6 Å². The third-order valence-electron chi connectivity index (χ3n) is 4.36. The van der Waals surface area contributed by atoms with Crippen molar-refractivity contribution < 1.29 is 4.79 Å². The minimum absolute atomic E-state index is 0.280. The number of rotatable bonds is 4. The molecule has 0 unspecified atom stereocenters. The van der Waals surface area contributed by atoms with Gasteiger partial charge in [-0.05, 0) is 42.8 Å². The standard InChI is InChI=1S/C13H23NOS/c1-2-11-3-7-14(8-4-11)12(15)9-13(10-16)5-6-13/h11,16H,2-10H2,1H3. The van der Waals surface area contributed by atoms with Crippen molar-refractivity contribution in [3.05, 3.63) is 0 Å². The molecule has 2 nitrogen and oxygen atoms in total. The number of nitrogens with zero attached hydrogens (tertiary/aromatic N) is 1. The number of thiol groups is 1. The molecule has 1 aliphatic carbocycles. The van der Waals surface area contributed by atoms with Gasteiger partial charge in [-0.3, -0.25) is 4.79 Å². The van der Waals surface area contributed by atoms with Gasteiger partial charge in [-0.1, -0.05) is 13.3 Å². The fourth-order valence-corrected chi connectivity index (χ4v) is 3.02. The maximum atomic E-state index is 12.1. The van der Waals surface area contributed by atoms with Crippen LogP contribution >= 0.6 is 12.6 Å². The first-order valence-electron chi connectivity index (χ1n) is 6.58. The van der Waals surface area contributed by atoms with Crippen LogP contribution in [0, 0.1) is 11.3 Å². The van der Waals surface area contributed by atoms with Crippen LogP contribution in [-0.2, 0) is 4.79 Å². The van der Waals surface area contributed by atoms with Gasteiger partial charge in [-0.15, -0.1) is 0 Å². The van der Waals surface area contributed by atoms with E-state index in [1.54, 1.807) is 0 Å². The second-order valence-electron chi connectivity index (χ2n) is 5.57. The van der Waals surface area contributed by atoms with Crippen LogP contribution in [0.25, 0.3) is 0 Å². The van der Waals surface area contributed by atoms with Crippen LogP contribution in [0.1, 0.15) is 45.4 Å². The topological polar surface area (TPSA) is 20.3 Å². The Morgan fingerprint density at radius 2 is 2.00 bits per heavy atom. The lowest BCUT2D eigenvalue weighted by Gasteiger charge is -2.32. The summed E-state index contributed by atoms with van der Waals surface area (Å²) in [5.74, 6) is 2.11. The van der Waals surface area contributed by atoms with Crippen LogP contribution in [0.5, 0.6) is 0 Å². The van der Waals surface area contributed by atoms with E-state index in [-0.39, 0.29) is 5.41 Å². The third-order valence-corrected chi connectivity index (χ3v) is 5.03. The summed E-state index contributed by atoms with van der Waals surface area (Å²) in [5, 5.41) is 0. The number of carbonyl (C=O) groups is 1. The Morgan fingerprint density at radius 3 is 2.44 bits per heavy atom. The number of carbonyl (C=O) groups excluding carboxylic acids is 1. The molecule has 0 N–H and O–H groups in total. The molecule has 1 amide bonds. The summed E-state index contributed by atoms with van der Waals surface area (Å²) >= 11 is 4.36. The molecule has 1 heterocycles. The molecule has 0 aromatic carbocycles. The van der Waals surface area contributed by atoms with E-state index in [1.165, 1.54) is 32.1 Å². The quantitative estimate of drug-likeness (QED) is 0.750. The Balaban J connectivity index is 1.78. The SMILES string of the molecule is CCC1CCN(C(=O)CC2(CS)CC2)CC1. The summed E-state index contributed by atoms with van der Waals surface area (Å²) < 4.78 is 0. The number of piperidine rings is 1. The fourth-order valence-electron chi connectivity index (χ4n) is 2.59. The predicted molar refractivity (Wildman–Crippen MR) is 69.7 cm³/mol. The molecule has 0 aromatic heterocycles. The summed E-state index contributed by atoms with van der Waals surface area (Å²) in [7, 11) is 0. The van der Waals surface area contributed by atoms with Gasteiger partial charge in [0.05, 0.1) is 0 Å². The molecule has 3 heteroatoms. The van der Waals surface area contributed by atoms with Crippen LogP contribution in [0.2, 0.25) is 0 Å². The smallest absolute Gasteiger partial charge is 0.223 e. The monoisotopic (exact) mass is 241 g/mol. The largest absolute Gasteiger partial charge is 0.343 e. The highest BCUT2D eigenvalue weighted by Crippen LogP contribution is 2.49. The Hall–Kier alpha value is -0.180. The van der Waals surface area contributed by atoms with Crippen molar-refractivity contribution in [2.45, 2.75) is 45.4 Å². The van der Waals surface area contributed by atoms with E-state index in [4.69, 9.17) is 0 Å². The molecule has 1 saturated heterocycles. The molecule has 2 rings (SSSR count). The summed E-state index contributed by atoms with van der Waals surface area (Å²) in [4.78, 5) is 14.2. The maximum Gasteiger partial charge on any atom is 0.223 e. The van der Waals surface area contributed by atoms with Crippen molar-refractivity contribution in [2.24, 2.45) is 11.3 Å². The van der Waals surface area contributed by atoms with Crippen molar-refractivity contribution in [1.29, 1.82) is 0 Å². The molecule has 0 aromatic rings. The van der Waals surface area contributed by atoms with Gasteiger partial charge in [0.1, 0.15) is 0 Å². The van der Waals surface area contributed by atoms with Gasteiger partial charge >= 0.3 is 0 Å². The van der Waals surface area contributed by atoms with Gasteiger partial charge in [0.25, 0.3) is 0 Å². The van der Waals surface area contributed by atoms with Gasteiger partial charge in [0, 0.05) is 19.5 Å². The van der Waals surface area contributed by atoms with Gasteiger partial charge in [-0.25, -0.2) is 0 Å². The van der Waals surface area contributed by atoms with Crippen LogP contribution in [-0.4, -0.2) is 29.6 Å². The maximum absolute atomic E-state index is 12.1. The normalized spacial score (nSPS) is 24.5. The lowest BCUT2D eigenvalue weighted by molar-refractivity contribution is -0.133. The molecule has 16 heavy (non-hydrogen) atoms. The Labute approximate surface area is 104 Å². The van der Waals surface area contributed by atoms with Crippen molar-refractivity contribution in [2.75, 3.05) is 18.8 Å². The summed E-state index contributed by atoms with van der Waals surface area (Å²) in [5.41, 5.74) is 0.280. The molecule has 1 aliphatic heterocycles. The molecule has 92 valence electrons. The van der Waals surface area contributed by atoms with Gasteiger partial charge in [0.2, 0.25) is 5.91 Å². The highest BCUT2D eigenvalue weighted by atomic mass is 32.1. The van der Waals surface area contributed by atoms with E-state index in [2.05, 4.69) is 24.5 Å². The zero-order chi connectivity index (χ0) is 11.6. The molecule has 0 bridgehead atoms. The molecule has 0 atom stereocenters. The van der Waals surface area contributed by atoms with Crippen molar-refractivity contribution in [1.82, 2.24) is 4.90 Å². The van der Waals surface area contributed by atoms with Gasteiger partial charge < -0.3 is 4.90 Å². The Kier molecular flexibility index (Phi) is 3.83. The van der Waals surface area contributed by atoms with E-state index < -0.39 is 0 Å². The molecular weight excluding hydrogens is 218 g/mol. The second-order valence-corrected chi connectivity index (χ2v) is 5.88. The van der Waals surface area contributed by atoms with Crippen LogP contribution in [0.15, 0.2) is 0 Å². The van der Waals surface area contributed by atoms with E-state index in [0.29, 0.717) is 5.91 Å². The average molecular weight is 241 g/mol. The molecule has 2 fully saturated rings. The number of hydrogen-bond donors (Lipinski definition) is 1. The zero-order valence-electron chi connectivity index (χ0n) is 10.2. The molecule has 0 spiro atoms. The minimum atomic E-state index is 0.280. The number of amides is 1. The zero-order valence-corrected chi connectivity index (χ0v) is 11.1. The first-order valence-corrected chi connectivity index (χ1v) is 7.21. The van der Waals surface area contributed by atoms with Crippen molar-refractivity contribution >= 4 is 18.5 Å². The summed E-state index contributed by atoms with van der Waals surface area (Å²) in [6.07, 6.45) is 6.82. The lowest BCUT2D eigenvalue weighted by atomic mass is 9.93. The van der Waals surface area contributed by atoms with Crippen LogP contribution in [0.3, 0.4) is 0 Å². The minimum Gasteiger partial charge on any atom is -0.343 e. The average Bonchev–Trinajstić information content (AvgIpc) is 3.09. The van der Waals surface area contributed by atoms with E-state index >= 15 is 0 Å². The predicted octanol–water partition coefficient (Wildman–Crippen LogP) is 2.74. The molecule has 2 aliphatic rings. The van der Waals surface area contributed by atoms with Crippen molar-refractivity contribution in [3.8, 4) is 0 Å². The number of likely N-dealkylation sites (tertiary alicyclic amines) is 1. The molecular formula is C13H23NOS. The van der Waals surface area contributed by atoms with E-state index in [9.17, 15) is 4.79 Å². The summed E-state index contributed by atoms with van der Waals surface area (Å²) in [6.45, 7) is 4.22. The van der Waals surface area contributed by atoms with Gasteiger partial charge in [0.15, 0.2) is 0 Å². The van der Waals surface area contributed by atoms with Crippen molar-refractivity contribution in [3.63, 3.8) is 0 Å². The summed E-state index contributed by atoms with van der Waals surface area (Å²) in [6, 6.07) is 0. The Morgan fingerprint density at radius 1 is 1.38 bits per heavy atom. The Bertz CT molecular complexity index is 255. The van der Waals surface area contributed by atoms with Crippen LogP contribution in [0.4, 0.5) is 0 Å². The lowest BCUT2D eigenvalue weighted by Crippen LogP contribution is -2.39.